The predicted molar refractivity (Wildman–Crippen MR) is 68.9 cm³/mol. The summed E-state index contributed by atoms with van der Waals surface area (Å²) in [6.07, 6.45) is 1.07. The quantitative estimate of drug-likeness (QED) is 0.798. The number of hydrogen-bond acceptors (Lipinski definition) is 4. The molecule has 1 rings (SSSR count). The molecule has 0 spiro atoms. The largest absolute Gasteiger partial charge is 0.385 e. The van der Waals surface area contributed by atoms with E-state index in [-0.39, 0.29) is 0 Å². The van der Waals surface area contributed by atoms with Gasteiger partial charge in [-0.1, -0.05) is 13.8 Å². The second kappa shape index (κ2) is 6.99. The first-order valence-electron chi connectivity index (χ1n) is 5.83. The molecule has 0 amide bonds. The number of ether oxygens (including phenoxy) is 1. The highest BCUT2D eigenvalue weighted by atomic mass is 32.1. The minimum atomic E-state index is 0.410. The van der Waals surface area contributed by atoms with Crippen LogP contribution in [0.25, 0.3) is 0 Å². The first-order chi connectivity index (χ1) is 7.70. The molecule has 16 heavy (non-hydrogen) atoms. The fraction of sp³-hybridized carbons (Fsp3) is 0.750. The Morgan fingerprint density at radius 1 is 1.56 bits per heavy atom. The van der Waals surface area contributed by atoms with Crippen LogP contribution < -0.4 is 5.32 Å². The Bertz CT molecular complexity index is 301. The number of nitrogens with zero attached hydrogens (tertiary/aromatic N) is 1. The van der Waals surface area contributed by atoms with Crippen molar-refractivity contribution in [2.75, 3.05) is 20.3 Å². The third-order valence-corrected chi connectivity index (χ3v) is 3.85. The summed E-state index contributed by atoms with van der Waals surface area (Å²) in [5.74, 6) is 0.569. The van der Waals surface area contributed by atoms with E-state index in [1.54, 1.807) is 18.4 Å². The van der Waals surface area contributed by atoms with Gasteiger partial charge in [0.1, 0.15) is 0 Å². The van der Waals surface area contributed by atoms with Gasteiger partial charge in [-0.2, -0.15) is 0 Å². The summed E-state index contributed by atoms with van der Waals surface area (Å²) < 4.78 is 5.15. The van der Waals surface area contributed by atoms with Crippen molar-refractivity contribution in [2.24, 2.45) is 5.92 Å². The van der Waals surface area contributed by atoms with Crippen LogP contribution in [0.4, 0.5) is 0 Å². The average Bonchev–Trinajstić information content (AvgIpc) is 2.69. The van der Waals surface area contributed by atoms with Crippen molar-refractivity contribution in [2.45, 2.75) is 33.2 Å². The molecule has 0 aliphatic rings. The molecule has 0 aliphatic carbocycles. The minimum Gasteiger partial charge on any atom is -0.385 e. The van der Waals surface area contributed by atoms with Gasteiger partial charge in [-0.25, -0.2) is 4.98 Å². The molecular formula is C12H22N2OS. The second-order valence-electron chi connectivity index (χ2n) is 4.10. The summed E-state index contributed by atoms with van der Waals surface area (Å²) in [5.41, 5.74) is 3.08. The summed E-state index contributed by atoms with van der Waals surface area (Å²) in [6.45, 7) is 8.30. The molecule has 1 N–H and O–H groups in total. The molecule has 0 aliphatic heterocycles. The van der Waals surface area contributed by atoms with Crippen LogP contribution in [0.3, 0.4) is 0 Å². The Morgan fingerprint density at radius 2 is 2.31 bits per heavy atom. The van der Waals surface area contributed by atoms with E-state index in [1.807, 2.05) is 5.51 Å². The molecule has 1 heterocycles. The summed E-state index contributed by atoms with van der Waals surface area (Å²) in [4.78, 5) is 5.70. The van der Waals surface area contributed by atoms with Gasteiger partial charge in [0.05, 0.1) is 11.2 Å². The molecule has 3 nitrogen and oxygen atoms in total. The van der Waals surface area contributed by atoms with Gasteiger partial charge in [0.15, 0.2) is 0 Å². The molecule has 1 aromatic heterocycles. The average molecular weight is 242 g/mol. The lowest BCUT2D eigenvalue weighted by Gasteiger charge is -2.24. The third-order valence-electron chi connectivity index (χ3n) is 2.84. The lowest BCUT2D eigenvalue weighted by Crippen LogP contribution is -2.27. The van der Waals surface area contributed by atoms with Gasteiger partial charge < -0.3 is 10.1 Å². The van der Waals surface area contributed by atoms with Gasteiger partial charge >= 0.3 is 0 Å². The van der Waals surface area contributed by atoms with E-state index in [0.29, 0.717) is 12.0 Å². The van der Waals surface area contributed by atoms with Crippen molar-refractivity contribution in [1.82, 2.24) is 10.3 Å². The molecular weight excluding hydrogens is 220 g/mol. The van der Waals surface area contributed by atoms with Crippen LogP contribution in [0.5, 0.6) is 0 Å². The predicted octanol–water partition coefficient (Wildman–Crippen LogP) is 2.77. The van der Waals surface area contributed by atoms with E-state index in [9.17, 15) is 0 Å². The smallest absolute Gasteiger partial charge is 0.0798 e. The molecule has 0 radical (unpaired) electrons. The zero-order chi connectivity index (χ0) is 12.0. The first-order valence-corrected chi connectivity index (χ1v) is 6.71. The van der Waals surface area contributed by atoms with E-state index in [4.69, 9.17) is 4.74 Å². The van der Waals surface area contributed by atoms with E-state index in [1.165, 1.54) is 4.88 Å². The standard InChI is InChI=1S/C12H22N2OS/c1-5-13-11(9(2)6-7-15-4)12-10(3)14-8-16-12/h8-9,11,13H,5-7H2,1-4H3. The van der Waals surface area contributed by atoms with Crippen molar-refractivity contribution in [3.8, 4) is 0 Å². The van der Waals surface area contributed by atoms with Crippen LogP contribution in [0.15, 0.2) is 5.51 Å². The maximum atomic E-state index is 5.15. The zero-order valence-corrected chi connectivity index (χ0v) is 11.4. The van der Waals surface area contributed by atoms with Crippen LogP contribution >= 0.6 is 11.3 Å². The minimum absolute atomic E-state index is 0.410. The number of aryl methyl sites for hydroxylation is 1. The Balaban J connectivity index is 2.70. The van der Waals surface area contributed by atoms with E-state index in [0.717, 1.165) is 25.3 Å². The van der Waals surface area contributed by atoms with E-state index in [2.05, 4.69) is 31.1 Å². The summed E-state index contributed by atoms with van der Waals surface area (Å²) in [6, 6.07) is 0.410. The molecule has 4 heteroatoms. The number of aromatic nitrogens is 1. The lowest BCUT2D eigenvalue weighted by atomic mass is 9.96. The molecule has 92 valence electrons. The van der Waals surface area contributed by atoms with Crippen molar-refractivity contribution >= 4 is 11.3 Å². The molecule has 0 fully saturated rings. The van der Waals surface area contributed by atoms with Crippen molar-refractivity contribution in [1.29, 1.82) is 0 Å². The van der Waals surface area contributed by atoms with Gasteiger partial charge in [0, 0.05) is 24.6 Å². The molecule has 2 atom stereocenters. The number of methoxy groups -OCH3 is 1. The highest BCUT2D eigenvalue weighted by Gasteiger charge is 2.21. The topological polar surface area (TPSA) is 34.2 Å². The Labute approximate surface area is 102 Å². The fourth-order valence-electron chi connectivity index (χ4n) is 1.85. The zero-order valence-electron chi connectivity index (χ0n) is 10.6. The monoisotopic (exact) mass is 242 g/mol. The lowest BCUT2D eigenvalue weighted by molar-refractivity contribution is 0.171. The summed E-state index contributed by atoms with van der Waals surface area (Å²) in [7, 11) is 1.76. The number of hydrogen-bond donors (Lipinski definition) is 1. The van der Waals surface area contributed by atoms with Crippen molar-refractivity contribution in [3.63, 3.8) is 0 Å². The SMILES string of the molecule is CCNC(c1scnc1C)C(C)CCOC. The van der Waals surface area contributed by atoms with E-state index >= 15 is 0 Å². The Hall–Kier alpha value is -0.450. The Kier molecular flexibility index (Phi) is 5.95. The number of nitrogens with one attached hydrogen (secondary N) is 1. The number of rotatable bonds is 7. The van der Waals surface area contributed by atoms with Gasteiger partial charge in [0.25, 0.3) is 0 Å². The van der Waals surface area contributed by atoms with Crippen molar-refractivity contribution in [3.05, 3.63) is 16.1 Å². The highest BCUT2D eigenvalue weighted by molar-refractivity contribution is 7.09. The van der Waals surface area contributed by atoms with Crippen LogP contribution in [0, 0.1) is 12.8 Å². The molecule has 2 unspecified atom stereocenters. The maximum absolute atomic E-state index is 5.15. The first kappa shape index (κ1) is 13.6. The molecule has 0 aromatic carbocycles. The Morgan fingerprint density at radius 3 is 2.81 bits per heavy atom. The fourth-order valence-corrected chi connectivity index (χ4v) is 2.86. The van der Waals surface area contributed by atoms with Gasteiger partial charge in [-0.05, 0) is 25.8 Å². The molecule has 0 saturated heterocycles. The molecule has 1 aromatic rings. The maximum Gasteiger partial charge on any atom is 0.0798 e. The van der Waals surface area contributed by atoms with Gasteiger partial charge in [-0.15, -0.1) is 11.3 Å². The second-order valence-corrected chi connectivity index (χ2v) is 4.98. The van der Waals surface area contributed by atoms with Crippen LogP contribution in [-0.2, 0) is 4.74 Å². The van der Waals surface area contributed by atoms with Crippen LogP contribution in [-0.4, -0.2) is 25.2 Å². The third kappa shape index (κ3) is 3.54. The molecule has 0 saturated carbocycles. The highest BCUT2D eigenvalue weighted by Crippen LogP contribution is 2.29. The van der Waals surface area contributed by atoms with E-state index < -0.39 is 0 Å². The van der Waals surface area contributed by atoms with Gasteiger partial charge in [-0.3, -0.25) is 0 Å². The van der Waals surface area contributed by atoms with Crippen LogP contribution in [0.2, 0.25) is 0 Å². The summed E-state index contributed by atoms with van der Waals surface area (Å²) >= 11 is 1.74. The normalized spacial score (nSPS) is 15.0. The summed E-state index contributed by atoms with van der Waals surface area (Å²) in [5, 5.41) is 3.55. The number of thiazole rings is 1. The van der Waals surface area contributed by atoms with Crippen LogP contribution in [0.1, 0.15) is 36.9 Å². The van der Waals surface area contributed by atoms with Gasteiger partial charge in [0.2, 0.25) is 0 Å². The van der Waals surface area contributed by atoms with Crippen molar-refractivity contribution < 1.29 is 4.74 Å². The molecule has 0 bridgehead atoms.